The Morgan fingerprint density at radius 1 is 1.00 bits per heavy atom. The van der Waals surface area contributed by atoms with E-state index >= 15 is 0 Å². The molecule has 186 valence electrons. The maximum absolute atomic E-state index is 12.8. The molecule has 5 rings (SSSR count). The number of piperidine rings is 1. The molecule has 9 heteroatoms. The number of benzene rings is 2. The number of carbonyl (C=O) groups is 2. The molecule has 0 aliphatic carbocycles. The number of nitrogens with zero attached hydrogens (tertiary/aromatic N) is 5. The second kappa shape index (κ2) is 10.3. The van der Waals surface area contributed by atoms with Crippen LogP contribution in [-0.4, -0.2) is 49.7 Å². The number of amides is 1. The number of carbonyl (C=O) groups excluding carboxylic acids is 2. The molecule has 0 N–H and O–H groups in total. The number of likely N-dealkylation sites (tertiary alicyclic amines) is 1. The van der Waals surface area contributed by atoms with Crippen LogP contribution in [0.2, 0.25) is 0 Å². The molecule has 2 aromatic carbocycles. The highest BCUT2D eigenvalue weighted by molar-refractivity contribution is 5.93. The van der Waals surface area contributed by atoms with Gasteiger partial charge in [-0.3, -0.25) is 9.59 Å². The van der Waals surface area contributed by atoms with E-state index in [0.29, 0.717) is 24.8 Å². The van der Waals surface area contributed by atoms with Crippen molar-refractivity contribution in [2.24, 2.45) is 0 Å². The van der Waals surface area contributed by atoms with Crippen LogP contribution in [0.25, 0.3) is 10.9 Å². The molecule has 0 bridgehead atoms. The van der Waals surface area contributed by atoms with E-state index in [9.17, 15) is 9.59 Å². The standard InChI is InChI=1S/C27H29N5O4/c1-18-7-9-21(10-8-18)35-17-24-28-27(30-36-24)20-13-15-31(16-14-20)25(33)11-12-26(34)32-23-6-4-3-5-22(23)19(2)29-32/h3-10,20H,11-17H2,1-2H3. The first-order valence-corrected chi connectivity index (χ1v) is 12.2. The lowest BCUT2D eigenvalue weighted by Gasteiger charge is -2.30. The third kappa shape index (κ3) is 5.15. The molecule has 36 heavy (non-hydrogen) atoms. The minimum absolute atomic E-state index is 0.0183. The number of aryl methyl sites for hydroxylation is 2. The molecule has 0 atom stereocenters. The zero-order valence-corrected chi connectivity index (χ0v) is 20.5. The highest BCUT2D eigenvalue weighted by Gasteiger charge is 2.27. The number of rotatable bonds is 7. The van der Waals surface area contributed by atoms with Crippen LogP contribution >= 0.6 is 0 Å². The SMILES string of the molecule is Cc1ccc(OCc2nc(C3CCN(C(=O)CCC(=O)n4nc(C)c5ccccc54)CC3)no2)cc1. The highest BCUT2D eigenvalue weighted by Crippen LogP contribution is 2.27. The van der Waals surface area contributed by atoms with E-state index in [1.807, 2.05) is 67.3 Å². The van der Waals surface area contributed by atoms with E-state index in [4.69, 9.17) is 9.26 Å². The fraction of sp³-hybridized carbons (Fsp3) is 0.370. The topological polar surface area (TPSA) is 103 Å². The van der Waals surface area contributed by atoms with Gasteiger partial charge in [-0.2, -0.15) is 14.8 Å². The van der Waals surface area contributed by atoms with Crippen molar-refractivity contribution in [2.75, 3.05) is 13.1 Å². The first-order valence-electron chi connectivity index (χ1n) is 12.2. The summed E-state index contributed by atoms with van der Waals surface area (Å²) >= 11 is 0. The molecule has 0 saturated carbocycles. The van der Waals surface area contributed by atoms with Crippen molar-refractivity contribution in [3.05, 3.63) is 71.5 Å². The van der Waals surface area contributed by atoms with Gasteiger partial charge in [-0.05, 0) is 44.9 Å². The van der Waals surface area contributed by atoms with Crippen molar-refractivity contribution in [2.45, 2.75) is 52.1 Å². The Balaban J connectivity index is 1.09. The second-order valence-corrected chi connectivity index (χ2v) is 9.21. The number of fused-ring (bicyclic) bond motifs is 1. The van der Waals surface area contributed by atoms with Crippen LogP contribution in [0.3, 0.4) is 0 Å². The van der Waals surface area contributed by atoms with Gasteiger partial charge < -0.3 is 14.2 Å². The summed E-state index contributed by atoms with van der Waals surface area (Å²) < 4.78 is 12.5. The minimum Gasteiger partial charge on any atom is -0.484 e. The summed E-state index contributed by atoms with van der Waals surface area (Å²) in [5, 5.41) is 9.45. The molecule has 3 heterocycles. The van der Waals surface area contributed by atoms with Crippen molar-refractivity contribution < 1.29 is 18.8 Å². The molecule has 1 aliphatic rings. The van der Waals surface area contributed by atoms with Gasteiger partial charge >= 0.3 is 0 Å². The Bertz CT molecular complexity index is 1370. The number of ether oxygens (including phenoxy) is 1. The Morgan fingerprint density at radius 3 is 2.50 bits per heavy atom. The second-order valence-electron chi connectivity index (χ2n) is 9.21. The third-order valence-electron chi connectivity index (χ3n) is 6.64. The molecular formula is C27H29N5O4. The van der Waals surface area contributed by atoms with Crippen LogP contribution in [0.5, 0.6) is 5.75 Å². The molecule has 2 aromatic heterocycles. The smallest absolute Gasteiger partial charge is 0.264 e. The Kier molecular flexibility index (Phi) is 6.79. The summed E-state index contributed by atoms with van der Waals surface area (Å²) in [6.07, 6.45) is 1.79. The number of aromatic nitrogens is 4. The lowest BCUT2D eigenvalue weighted by atomic mass is 9.96. The van der Waals surface area contributed by atoms with Crippen LogP contribution in [0.4, 0.5) is 0 Å². The molecular weight excluding hydrogens is 458 g/mol. The fourth-order valence-electron chi connectivity index (χ4n) is 4.55. The summed E-state index contributed by atoms with van der Waals surface area (Å²) in [6.45, 7) is 5.32. The molecule has 0 unspecified atom stereocenters. The van der Waals surface area contributed by atoms with Gasteiger partial charge in [0.05, 0.1) is 11.2 Å². The molecule has 9 nitrogen and oxygen atoms in total. The minimum atomic E-state index is -0.172. The van der Waals surface area contributed by atoms with Gasteiger partial charge in [0.2, 0.25) is 11.8 Å². The van der Waals surface area contributed by atoms with E-state index < -0.39 is 0 Å². The van der Waals surface area contributed by atoms with Gasteiger partial charge in [0.25, 0.3) is 5.89 Å². The van der Waals surface area contributed by atoms with Gasteiger partial charge in [-0.25, -0.2) is 0 Å². The van der Waals surface area contributed by atoms with E-state index in [-0.39, 0.29) is 37.2 Å². The van der Waals surface area contributed by atoms with Gasteiger partial charge in [-0.15, -0.1) is 0 Å². The normalized spacial score (nSPS) is 14.3. The highest BCUT2D eigenvalue weighted by atomic mass is 16.5. The lowest BCUT2D eigenvalue weighted by molar-refractivity contribution is -0.132. The fourth-order valence-corrected chi connectivity index (χ4v) is 4.55. The van der Waals surface area contributed by atoms with Crippen LogP contribution in [-0.2, 0) is 11.4 Å². The summed E-state index contributed by atoms with van der Waals surface area (Å²) in [5.74, 6) is 1.78. The summed E-state index contributed by atoms with van der Waals surface area (Å²) in [4.78, 5) is 31.8. The van der Waals surface area contributed by atoms with Gasteiger partial charge in [0.15, 0.2) is 12.4 Å². The van der Waals surface area contributed by atoms with E-state index in [1.54, 1.807) is 0 Å². The zero-order chi connectivity index (χ0) is 25.1. The van der Waals surface area contributed by atoms with Crippen LogP contribution in [0.1, 0.15) is 59.4 Å². The average Bonchev–Trinajstić information content (AvgIpc) is 3.52. The lowest BCUT2D eigenvalue weighted by Crippen LogP contribution is -2.38. The molecule has 1 saturated heterocycles. The van der Waals surface area contributed by atoms with E-state index in [0.717, 1.165) is 35.2 Å². The number of hydrogen-bond acceptors (Lipinski definition) is 7. The largest absolute Gasteiger partial charge is 0.484 e. The Labute approximate surface area is 209 Å². The molecule has 0 spiro atoms. The van der Waals surface area contributed by atoms with Crippen molar-refractivity contribution in [1.82, 2.24) is 24.8 Å². The van der Waals surface area contributed by atoms with Gasteiger partial charge in [0.1, 0.15) is 5.75 Å². The zero-order valence-electron chi connectivity index (χ0n) is 20.5. The summed E-state index contributed by atoms with van der Waals surface area (Å²) in [5.41, 5.74) is 2.75. The van der Waals surface area contributed by atoms with Crippen LogP contribution in [0, 0.1) is 13.8 Å². The van der Waals surface area contributed by atoms with Crippen molar-refractivity contribution in [1.29, 1.82) is 0 Å². The first-order chi connectivity index (χ1) is 17.5. The van der Waals surface area contributed by atoms with E-state index in [1.165, 1.54) is 10.2 Å². The monoisotopic (exact) mass is 487 g/mol. The summed E-state index contributed by atoms with van der Waals surface area (Å²) in [7, 11) is 0. The predicted octanol–water partition coefficient (Wildman–Crippen LogP) is 4.44. The molecule has 0 radical (unpaired) electrons. The van der Waals surface area contributed by atoms with Gasteiger partial charge in [-0.1, -0.05) is 41.1 Å². The third-order valence-corrected chi connectivity index (χ3v) is 6.64. The number of hydrogen-bond donors (Lipinski definition) is 0. The maximum atomic E-state index is 12.8. The molecule has 4 aromatic rings. The molecule has 1 amide bonds. The predicted molar refractivity (Wildman–Crippen MR) is 133 cm³/mol. The molecule has 1 aliphatic heterocycles. The maximum Gasteiger partial charge on any atom is 0.264 e. The average molecular weight is 488 g/mol. The molecule has 1 fully saturated rings. The Hall–Kier alpha value is -4.01. The quantitative estimate of drug-likeness (QED) is 0.380. The van der Waals surface area contributed by atoms with Crippen molar-refractivity contribution in [3.63, 3.8) is 0 Å². The van der Waals surface area contributed by atoms with Crippen molar-refractivity contribution in [3.8, 4) is 5.75 Å². The summed E-state index contributed by atoms with van der Waals surface area (Å²) in [6, 6.07) is 15.4. The first kappa shape index (κ1) is 23.7. The van der Waals surface area contributed by atoms with Gasteiger partial charge in [0, 0.05) is 37.2 Å². The van der Waals surface area contributed by atoms with Crippen LogP contribution < -0.4 is 4.74 Å². The van der Waals surface area contributed by atoms with E-state index in [2.05, 4.69) is 15.2 Å². The Morgan fingerprint density at radius 2 is 1.72 bits per heavy atom. The van der Waals surface area contributed by atoms with Crippen molar-refractivity contribution >= 4 is 22.7 Å². The van der Waals surface area contributed by atoms with Crippen LogP contribution in [0.15, 0.2) is 53.1 Å². The number of para-hydroxylation sites is 1.